The highest BCUT2D eigenvalue weighted by atomic mass is 32.2. The molecule has 1 N–H and O–H groups in total. The zero-order valence-corrected chi connectivity index (χ0v) is 11.5. The van der Waals surface area contributed by atoms with Gasteiger partial charge in [0.25, 0.3) is 5.91 Å². The molecule has 2 rings (SSSR count). The fourth-order valence-corrected chi connectivity index (χ4v) is 2.01. The van der Waals surface area contributed by atoms with Crippen molar-refractivity contribution in [1.82, 2.24) is 10.3 Å². The first-order valence-corrected chi connectivity index (χ1v) is 7.00. The molecule has 0 saturated heterocycles. The van der Waals surface area contributed by atoms with Crippen molar-refractivity contribution < 1.29 is 9.21 Å². The maximum Gasteiger partial charge on any atom is 0.274 e. The fourth-order valence-electron chi connectivity index (χ4n) is 1.51. The summed E-state index contributed by atoms with van der Waals surface area (Å²) in [6.07, 6.45) is 4.13. The van der Waals surface area contributed by atoms with E-state index in [1.54, 1.807) is 0 Å². The third kappa shape index (κ3) is 3.03. The molecule has 0 aliphatic heterocycles. The van der Waals surface area contributed by atoms with E-state index in [-0.39, 0.29) is 11.4 Å². The van der Waals surface area contributed by atoms with Crippen LogP contribution in [0.5, 0.6) is 0 Å². The Morgan fingerprint density at radius 3 is 2.59 bits per heavy atom. The smallest absolute Gasteiger partial charge is 0.274 e. The highest BCUT2D eigenvalue weighted by Crippen LogP contribution is 2.41. The molecule has 94 valence electrons. The van der Waals surface area contributed by atoms with Crippen LogP contribution in [0.3, 0.4) is 0 Å². The maximum absolute atomic E-state index is 12.0. The largest absolute Gasteiger partial charge is 0.433 e. The highest BCUT2D eigenvalue weighted by Gasteiger charge is 2.32. The Hall–Kier alpha value is -0.970. The standard InChI is InChI=1S/C12H18N2O2S/c1-12(2,3)14-9(15)8-11(17-4)16-10(13-8)7-5-6-7/h7H,5-6H2,1-4H3,(H,14,15). The summed E-state index contributed by atoms with van der Waals surface area (Å²) < 4.78 is 5.61. The van der Waals surface area contributed by atoms with Crippen LogP contribution in [0.15, 0.2) is 9.51 Å². The Morgan fingerprint density at radius 1 is 1.47 bits per heavy atom. The average molecular weight is 254 g/mol. The molecular formula is C12H18N2O2S. The van der Waals surface area contributed by atoms with E-state index >= 15 is 0 Å². The van der Waals surface area contributed by atoms with E-state index in [9.17, 15) is 4.79 Å². The Balaban J connectivity index is 2.21. The summed E-state index contributed by atoms with van der Waals surface area (Å²) in [4.78, 5) is 16.4. The van der Waals surface area contributed by atoms with Gasteiger partial charge in [0.05, 0.1) is 0 Å². The van der Waals surface area contributed by atoms with Crippen LogP contribution in [0.1, 0.15) is 55.9 Å². The van der Waals surface area contributed by atoms with Crippen molar-refractivity contribution in [2.24, 2.45) is 0 Å². The second-order valence-corrected chi connectivity index (χ2v) is 6.15. The summed E-state index contributed by atoms with van der Waals surface area (Å²) >= 11 is 1.43. The summed E-state index contributed by atoms with van der Waals surface area (Å²) in [5, 5.41) is 3.53. The number of thioether (sulfide) groups is 1. The third-order valence-corrected chi connectivity index (χ3v) is 3.08. The van der Waals surface area contributed by atoms with Gasteiger partial charge in [-0.15, -0.1) is 0 Å². The molecular weight excluding hydrogens is 236 g/mol. The third-order valence-electron chi connectivity index (χ3n) is 2.43. The average Bonchev–Trinajstić information content (AvgIpc) is 2.95. The Morgan fingerprint density at radius 2 is 2.12 bits per heavy atom. The van der Waals surface area contributed by atoms with Crippen molar-refractivity contribution >= 4 is 17.7 Å². The van der Waals surface area contributed by atoms with Gasteiger partial charge in [-0.05, 0) is 39.9 Å². The SMILES string of the molecule is CSc1oc(C2CC2)nc1C(=O)NC(C)(C)C. The molecule has 1 fully saturated rings. The zero-order valence-electron chi connectivity index (χ0n) is 10.7. The van der Waals surface area contributed by atoms with Crippen molar-refractivity contribution in [3.05, 3.63) is 11.6 Å². The lowest BCUT2D eigenvalue weighted by molar-refractivity contribution is 0.0910. The number of carbonyl (C=O) groups is 1. The van der Waals surface area contributed by atoms with E-state index in [1.165, 1.54) is 11.8 Å². The first-order valence-electron chi connectivity index (χ1n) is 5.78. The predicted octanol–water partition coefficient (Wildman–Crippen LogP) is 2.80. The van der Waals surface area contributed by atoms with E-state index in [0.717, 1.165) is 12.8 Å². The quantitative estimate of drug-likeness (QED) is 0.843. The number of aromatic nitrogens is 1. The van der Waals surface area contributed by atoms with Crippen LogP contribution in [0, 0.1) is 0 Å². The van der Waals surface area contributed by atoms with Gasteiger partial charge in [-0.25, -0.2) is 4.98 Å². The number of carbonyl (C=O) groups excluding carboxylic acids is 1. The molecule has 1 saturated carbocycles. The lowest BCUT2D eigenvalue weighted by Crippen LogP contribution is -2.40. The molecule has 0 radical (unpaired) electrons. The number of hydrogen-bond donors (Lipinski definition) is 1. The predicted molar refractivity (Wildman–Crippen MR) is 67.5 cm³/mol. The van der Waals surface area contributed by atoms with Gasteiger partial charge in [-0.1, -0.05) is 11.8 Å². The monoisotopic (exact) mass is 254 g/mol. The van der Waals surface area contributed by atoms with Crippen LogP contribution in [0.25, 0.3) is 0 Å². The summed E-state index contributed by atoms with van der Waals surface area (Å²) in [6.45, 7) is 5.85. The molecule has 1 amide bonds. The minimum atomic E-state index is -0.258. The molecule has 1 heterocycles. The minimum absolute atomic E-state index is 0.155. The number of rotatable bonds is 3. The summed E-state index contributed by atoms with van der Waals surface area (Å²) in [7, 11) is 0. The normalized spacial score (nSPS) is 16.0. The molecule has 1 aliphatic carbocycles. The first-order chi connectivity index (χ1) is 7.90. The Bertz CT molecular complexity index is 430. The van der Waals surface area contributed by atoms with E-state index in [4.69, 9.17) is 4.42 Å². The van der Waals surface area contributed by atoms with Crippen molar-refractivity contribution in [3.63, 3.8) is 0 Å². The van der Waals surface area contributed by atoms with Crippen LogP contribution in [0.4, 0.5) is 0 Å². The van der Waals surface area contributed by atoms with Gasteiger partial charge in [0.2, 0.25) is 0 Å². The van der Waals surface area contributed by atoms with Crippen LogP contribution in [0.2, 0.25) is 0 Å². The number of oxazole rings is 1. The molecule has 1 aromatic rings. The van der Waals surface area contributed by atoms with Crippen LogP contribution in [-0.2, 0) is 0 Å². The lowest BCUT2D eigenvalue weighted by Gasteiger charge is -2.19. The maximum atomic E-state index is 12.0. The van der Waals surface area contributed by atoms with E-state index in [1.807, 2.05) is 27.0 Å². The summed E-state index contributed by atoms with van der Waals surface area (Å²) in [5.41, 5.74) is 0.167. The van der Waals surface area contributed by atoms with Crippen molar-refractivity contribution in [1.29, 1.82) is 0 Å². The summed E-state index contributed by atoms with van der Waals surface area (Å²) in [6, 6.07) is 0. The minimum Gasteiger partial charge on any atom is -0.433 e. The van der Waals surface area contributed by atoms with Crippen LogP contribution < -0.4 is 5.32 Å². The van der Waals surface area contributed by atoms with E-state index < -0.39 is 0 Å². The molecule has 0 atom stereocenters. The van der Waals surface area contributed by atoms with Crippen molar-refractivity contribution in [2.45, 2.75) is 50.2 Å². The fraction of sp³-hybridized carbons (Fsp3) is 0.667. The zero-order chi connectivity index (χ0) is 12.6. The van der Waals surface area contributed by atoms with Crippen LogP contribution >= 0.6 is 11.8 Å². The van der Waals surface area contributed by atoms with Gasteiger partial charge in [0, 0.05) is 11.5 Å². The van der Waals surface area contributed by atoms with Gasteiger partial charge in [-0.3, -0.25) is 4.79 Å². The van der Waals surface area contributed by atoms with Crippen molar-refractivity contribution in [3.8, 4) is 0 Å². The molecule has 4 nitrogen and oxygen atoms in total. The lowest BCUT2D eigenvalue weighted by atomic mass is 10.1. The molecule has 0 unspecified atom stereocenters. The van der Waals surface area contributed by atoms with Gasteiger partial charge < -0.3 is 9.73 Å². The van der Waals surface area contributed by atoms with E-state index in [0.29, 0.717) is 22.6 Å². The molecule has 5 heteroatoms. The number of nitrogens with one attached hydrogen (secondary N) is 1. The van der Waals surface area contributed by atoms with Gasteiger partial charge >= 0.3 is 0 Å². The molecule has 0 aromatic carbocycles. The molecule has 17 heavy (non-hydrogen) atoms. The van der Waals surface area contributed by atoms with Gasteiger partial charge in [-0.2, -0.15) is 0 Å². The molecule has 1 aromatic heterocycles. The molecule has 0 bridgehead atoms. The Labute approximate surface area is 106 Å². The number of nitrogens with zero attached hydrogens (tertiary/aromatic N) is 1. The van der Waals surface area contributed by atoms with Gasteiger partial charge in [0.1, 0.15) is 0 Å². The number of amides is 1. The second kappa shape index (κ2) is 4.37. The first kappa shape index (κ1) is 12.5. The highest BCUT2D eigenvalue weighted by molar-refractivity contribution is 7.98. The van der Waals surface area contributed by atoms with Gasteiger partial charge in [0.15, 0.2) is 16.7 Å². The molecule has 1 aliphatic rings. The van der Waals surface area contributed by atoms with Crippen molar-refractivity contribution in [2.75, 3.05) is 6.26 Å². The van der Waals surface area contributed by atoms with E-state index in [2.05, 4.69) is 10.3 Å². The number of hydrogen-bond acceptors (Lipinski definition) is 4. The second-order valence-electron chi connectivity index (χ2n) is 5.37. The topological polar surface area (TPSA) is 55.1 Å². The Kier molecular flexibility index (Phi) is 3.21. The van der Waals surface area contributed by atoms with Crippen LogP contribution in [-0.4, -0.2) is 22.7 Å². The molecule has 0 spiro atoms. The summed E-state index contributed by atoms with van der Waals surface area (Å²) in [5.74, 6) is 0.989.